The van der Waals surface area contributed by atoms with Crippen LogP contribution >= 0.6 is 12.2 Å². The summed E-state index contributed by atoms with van der Waals surface area (Å²) in [6, 6.07) is 9.37. The molecule has 0 bridgehead atoms. The molecule has 7 heteroatoms. The SMILES string of the molecule is CCn1c(-c2cccc([N+](=O)[O-])c2)ccc(C(N)=S)c1=O. The number of nitro groups is 1. The van der Waals surface area contributed by atoms with E-state index in [9.17, 15) is 14.9 Å². The van der Waals surface area contributed by atoms with Gasteiger partial charge < -0.3 is 10.3 Å². The normalized spacial score (nSPS) is 10.3. The van der Waals surface area contributed by atoms with E-state index in [1.807, 2.05) is 6.92 Å². The monoisotopic (exact) mass is 303 g/mol. The van der Waals surface area contributed by atoms with E-state index >= 15 is 0 Å². The first-order valence-corrected chi connectivity index (χ1v) is 6.65. The topological polar surface area (TPSA) is 91.2 Å². The molecule has 0 fully saturated rings. The van der Waals surface area contributed by atoms with Crippen molar-refractivity contribution in [2.75, 3.05) is 0 Å². The number of benzene rings is 1. The molecule has 0 atom stereocenters. The zero-order valence-electron chi connectivity index (χ0n) is 11.3. The van der Waals surface area contributed by atoms with Gasteiger partial charge in [-0.3, -0.25) is 14.9 Å². The summed E-state index contributed by atoms with van der Waals surface area (Å²) in [4.78, 5) is 22.7. The average molecular weight is 303 g/mol. The van der Waals surface area contributed by atoms with Crippen LogP contribution in [0, 0.1) is 10.1 Å². The maximum Gasteiger partial charge on any atom is 0.270 e. The summed E-state index contributed by atoms with van der Waals surface area (Å²) in [7, 11) is 0. The zero-order chi connectivity index (χ0) is 15.6. The van der Waals surface area contributed by atoms with Crippen LogP contribution in [0.5, 0.6) is 0 Å². The Morgan fingerprint density at radius 1 is 1.38 bits per heavy atom. The van der Waals surface area contributed by atoms with Gasteiger partial charge in [0.2, 0.25) is 0 Å². The van der Waals surface area contributed by atoms with Gasteiger partial charge in [0, 0.05) is 24.2 Å². The third kappa shape index (κ3) is 2.82. The lowest BCUT2D eigenvalue weighted by molar-refractivity contribution is -0.384. The van der Waals surface area contributed by atoms with E-state index in [0.29, 0.717) is 17.8 Å². The molecule has 0 unspecified atom stereocenters. The molecule has 0 amide bonds. The minimum atomic E-state index is -0.471. The largest absolute Gasteiger partial charge is 0.389 e. The summed E-state index contributed by atoms with van der Waals surface area (Å²) in [5.74, 6) is 0. The first-order valence-electron chi connectivity index (χ1n) is 6.24. The summed E-state index contributed by atoms with van der Waals surface area (Å²) in [5.41, 5.74) is 6.64. The second-order valence-electron chi connectivity index (χ2n) is 4.35. The Labute approximate surface area is 126 Å². The number of nitrogens with zero attached hydrogens (tertiary/aromatic N) is 2. The van der Waals surface area contributed by atoms with E-state index in [1.54, 1.807) is 24.3 Å². The van der Waals surface area contributed by atoms with Crippen LogP contribution in [0.3, 0.4) is 0 Å². The number of non-ortho nitro benzene ring substituents is 1. The molecule has 2 aromatic rings. The van der Waals surface area contributed by atoms with Crippen LogP contribution in [-0.4, -0.2) is 14.5 Å². The number of thiocarbonyl (C=S) groups is 1. The van der Waals surface area contributed by atoms with Gasteiger partial charge in [0.25, 0.3) is 11.2 Å². The van der Waals surface area contributed by atoms with Gasteiger partial charge >= 0.3 is 0 Å². The fourth-order valence-electron chi connectivity index (χ4n) is 2.11. The molecule has 1 aromatic heterocycles. The highest BCUT2D eigenvalue weighted by Gasteiger charge is 2.13. The van der Waals surface area contributed by atoms with E-state index in [4.69, 9.17) is 18.0 Å². The highest BCUT2D eigenvalue weighted by molar-refractivity contribution is 7.80. The van der Waals surface area contributed by atoms with Crippen molar-refractivity contribution in [1.29, 1.82) is 0 Å². The third-order valence-corrected chi connectivity index (χ3v) is 3.33. The standard InChI is InChI=1S/C14H13N3O3S/c1-2-16-12(7-6-11(13(15)21)14(16)18)9-4-3-5-10(8-9)17(19)20/h3-8H,2H2,1H3,(H2,15,21). The van der Waals surface area contributed by atoms with Gasteiger partial charge in [0.05, 0.1) is 16.2 Å². The fourth-order valence-corrected chi connectivity index (χ4v) is 2.27. The molecule has 2 rings (SSSR count). The quantitative estimate of drug-likeness (QED) is 0.530. The number of hydrogen-bond acceptors (Lipinski definition) is 4. The van der Waals surface area contributed by atoms with E-state index in [2.05, 4.69) is 0 Å². The van der Waals surface area contributed by atoms with Crippen molar-refractivity contribution < 1.29 is 4.92 Å². The van der Waals surface area contributed by atoms with E-state index < -0.39 is 4.92 Å². The molecular weight excluding hydrogens is 290 g/mol. The first kappa shape index (κ1) is 14.9. The van der Waals surface area contributed by atoms with Crippen LogP contribution in [-0.2, 0) is 6.54 Å². The molecule has 108 valence electrons. The lowest BCUT2D eigenvalue weighted by Gasteiger charge is -2.12. The van der Waals surface area contributed by atoms with Crippen LogP contribution < -0.4 is 11.3 Å². The molecule has 0 aliphatic heterocycles. The summed E-state index contributed by atoms with van der Waals surface area (Å²) < 4.78 is 1.49. The van der Waals surface area contributed by atoms with Crippen molar-refractivity contribution in [2.45, 2.75) is 13.5 Å². The van der Waals surface area contributed by atoms with Gasteiger partial charge in [-0.05, 0) is 19.1 Å². The molecule has 6 nitrogen and oxygen atoms in total. The van der Waals surface area contributed by atoms with Crippen molar-refractivity contribution in [3.05, 3.63) is 62.4 Å². The van der Waals surface area contributed by atoms with Gasteiger partial charge in [-0.1, -0.05) is 24.4 Å². The second kappa shape index (κ2) is 5.84. The van der Waals surface area contributed by atoms with Crippen LogP contribution in [0.25, 0.3) is 11.3 Å². The van der Waals surface area contributed by atoms with Crippen LogP contribution in [0.2, 0.25) is 0 Å². The third-order valence-electron chi connectivity index (χ3n) is 3.11. The van der Waals surface area contributed by atoms with Gasteiger partial charge in [0.15, 0.2) is 0 Å². The second-order valence-corrected chi connectivity index (χ2v) is 4.79. The van der Waals surface area contributed by atoms with Crippen molar-refractivity contribution in [3.8, 4) is 11.3 Å². The van der Waals surface area contributed by atoms with Crippen molar-refractivity contribution in [1.82, 2.24) is 4.57 Å². The van der Waals surface area contributed by atoms with Gasteiger partial charge in [0.1, 0.15) is 4.99 Å². The lowest BCUT2D eigenvalue weighted by Crippen LogP contribution is -2.29. The summed E-state index contributed by atoms with van der Waals surface area (Å²) in [6.07, 6.45) is 0. The Morgan fingerprint density at radius 2 is 2.10 bits per heavy atom. The summed E-state index contributed by atoms with van der Waals surface area (Å²) in [5, 5.41) is 10.9. The van der Waals surface area contributed by atoms with Gasteiger partial charge in [-0.15, -0.1) is 0 Å². The maximum atomic E-state index is 12.3. The Balaban J connectivity index is 2.67. The van der Waals surface area contributed by atoms with Crippen molar-refractivity contribution in [3.63, 3.8) is 0 Å². The van der Waals surface area contributed by atoms with E-state index in [-0.39, 0.29) is 21.8 Å². The fraction of sp³-hybridized carbons (Fsp3) is 0.143. The van der Waals surface area contributed by atoms with Crippen LogP contribution in [0.15, 0.2) is 41.2 Å². The molecule has 1 aromatic carbocycles. The minimum Gasteiger partial charge on any atom is -0.389 e. The van der Waals surface area contributed by atoms with E-state index in [0.717, 1.165) is 0 Å². The highest BCUT2D eigenvalue weighted by Crippen LogP contribution is 2.23. The van der Waals surface area contributed by atoms with E-state index in [1.165, 1.54) is 16.7 Å². The maximum absolute atomic E-state index is 12.3. The highest BCUT2D eigenvalue weighted by atomic mass is 32.1. The predicted octanol–water partition coefficient (Wildman–Crippen LogP) is 2.08. The molecule has 21 heavy (non-hydrogen) atoms. The van der Waals surface area contributed by atoms with Crippen LogP contribution in [0.1, 0.15) is 12.5 Å². The molecule has 0 saturated heterocycles. The molecule has 0 aliphatic rings. The Bertz CT molecular complexity index is 783. The van der Waals surface area contributed by atoms with Crippen molar-refractivity contribution >= 4 is 22.9 Å². The molecule has 2 N–H and O–H groups in total. The molecule has 0 radical (unpaired) electrons. The Hall–Kier alpha value is -2.54. The molecule has 0 aliphatic carbocycles. The molecule has 0 spiro atoms. The Kier molecular flexibility index (Phi) is 4.13. The van der Waals surface area contributed by atoms with Crippen molar-refractivity contribution in [2.24, 2.45) is 5.73 Å². The molecule has 0 saturated carbocycles. The number of pyridine rings is 1. The number of nitro benzene ring substituents is 1. The number of rotatable bonds is 4. The molecule has 1 heterocycles. The number of hydrogen-bond donors (Lipinski definition) is 1. The molecular formula is C14H13N3O3S. The predicted molar refractivity (Wildman–Crippen MR) is 84.4 cm³/mol. The zero-order valence-corrected chi connectivity index (χ0v) is 12.1. The van der Waals surface area contributed by atoms with Crippen LogP contribution in [0.4, 0.5) is 5.69 Å². The average Bonchev–Trinajstić information content (AvgIpc) is 2.46. The lowest BCUT2D eigenvalue weighted by atomic mass is 10.1. The summed E-state index contributed by atoms with van der Waals surface area (Å²) in [6.45, 7) is 2.22. The Morgan fingerprint density at radius 3 is 2.67 bits per heavy atom. The van der Waals surface area contributed by atoms with Gasteiger partial charge in [-0.2, -0.15) is 0 Å². The number of nitrogens with two attached hydrogens (primary N) is 1. The first-order chi connectivity index (χ1) is 9.95. The van der Waals surface area contributed by atoms with Gasteiger partial charge in [-0.25, -0.2) is 0 Å². The summed E-state index contributed by atoms with van der Waals surface area (Å²) >= 11 is 4.85. The smallest absolute Gasteiger partial charge is 0.270 e. The number of aromatic nitrogens is 1. The minimum absolute atomic E-state index is 0.0268.